The average molecular weight is 403 g/mol. The van der Waals surface area contributed by atoms with E-state index in [-0.39, 0.29) is 12.7 Å². The van der Waals surface area contributed by atoms with Gasteiger partial charge < -0.3 is 15.2 Å². The zero-order valence-electron chi connectivity index (χ0n) is 13.4. The molecule has 0 bridgehead atoms. The second-order valence-electron chi connectivity index (χ2n) is 4.01. The molecule has 0 aromatic heterocycles. The van der Waals surface area contributed by atoms with Crippen LogP contribution in [0.25, 0.3) is 0 Å². The number of aliphatic hydroxyl groups excluding tert-OH is 1. The Bertz CT molecular complexity index is 346. The number of hydrogen-bond acceptors (Lipinski definition) is 8. The van der Waals surface area contributed by atoms with E-state index in [9.17, 15) is 9.00 Å². The zero-order chi connectivity index (χ0) is 17.2. The van der Waals surface area contributed by atoms with Gasteiger partial charge in [0.1, 0.15) is 6.61 Å². The molecule has 1 atom stereocenters. The third-order valence-corrected chi connectivity index (χ3v) is 6.40. The summed E-state index contributed by atoms with van der Waals surface area (Å²) in [4.78, 5) is 15.4. The van der Waals surface area contributed by atoms with Crippen molar-refractivity contribution in [3.8, 4) is 0 Å². The van der Waals surface area contributed by atoms with E-state index in [1.165, 1.54) is 5.55 Å². The molecule has 0 saturated heterocycles. The first kappa shape index (κ1) is 23.1. The Morgan fingerprint density at radius 3 is 2.78 bits per heavy atom. The van der Waals surface area contributed by atoms with Crippen molar-refractivity contribution in [2.45, 2.75) is 6.92 Å². The van der Waals surface area contributed by atoms with Gasteiger partial charge in [0.2, 0.25) is 0 Å². The number of carbonyl (C=O) groups excluding carboxylic acids is 1. The summed E-state index contributed by atoms with van der Waals surface area (Å²) in [7, 11) is -0.918. The summed E-state index contributed by atoms with van der Waals surface area (Å²) in [5.41, 5.74) is 1.52. The van der Waals surface area contributed by atoms with Crippen molar-refractivity contribution in [2.24, 2.45) is 4.99 Å². The van der Waals surface area contributed by atoms with E-state index in [1.807, 2.05) is 6.92 Å². The number of nitrogens with one attached hydrogen (secondary N) is 1. The van der Waals surface area contributed by atoms with E-state index in [2.05, 4.69) is 10.3 Å². The second-order valence-corrected chi connectivity index (χ2v) is 9.36. The molecule has 0 aliphatic carbocycles. The number of amides is 1. The monoisotopic (exact) mass is 402 g/mol. The molecule has 0 aromatic carbocycles. The molecule has 0 fully saturated rings. The van der Waals surface area contributed by atoms with E-state index in [4.69, 9.17) is 9.84 Å². The fraction of sp³-hybridized carbons (Fsp3) is 0.846. The molecule has 1 unspecified atom stereocenters. The van der Waals surface area contributed by atoms with Crippen LogP contribution in [0.5, 0.6) is 0 Å². The van der Waals surface area contributed by atoms with Gasteiger partial charge in [0.05, 0.1) is 23.0 Å². The van der Waals surface area contributed by atoms with Gasteiger partial charge in [-0.3, -0.25) is 9.20 Å². The quantitative estimate of drug-likeness (QED) is 0.186. The molecule has 0 rings (SSSR count). The van der Waals surface area contributed by atoms with Crippen LogP contribution in [-0.4, -0.2) is 81.1 Å². The average Bonchev–Trinajstić information content (AvgIpc) is 2.56. The van der Waals surface area contributed by atoms with Crippen LogP contribution in [0.3, 0.4) is 0 Å². The highest BCUT2D eigenvalue weighted by Gasteiger charge is 2.00. The fourth-order valence-corrected chi connectivity index (χ4v) is 3.99. The Hall–Kier alpha value is 0.1000. The maximum absolute atomic E-state index is 11.3. The van der Waals surface area contributed by atoms with E-state index >= 15 is 0 Å². The van der Waals surface area contributed by atoms with Gasteiger partial charge in [0.25, 0.3) is 0 Å². The summed E-state index contributed by atoms with van der Waals surface area (Å²) in [5, 5.41) is 12.2. The van der Waals surface area contributed by atoms with Crippen LogP contribution >= 0.6 is 35.3 Å². The molecule has 0 aromatic rings. The molecule has 2 N–H and O–H groups in total. The molecule has 1 amide bonds. The molecule has 0 saturated carbocycles. The van der Waals surface area contributed by atoms with Crippen molar-refractivity contribution in [3.05, 3.63) is 0 Å². The summed E-state index contributed by atoms with van der Waals surface area (Å²) in [5.74, 6) is 3.73. The van der Waals surface area contributed by atoms with Crippen LogP contribution in [0.15, 0.2) is 4.99 Å². The number of carbonyl (C=O) groups is 1. The largest absolute Gasteiger partial charge is 0.449 e. The van der Waals surface area contributed by atoms with Gasteiger partial charge in [-0.2, -0.15) is 11.8 Å². The lowest BCUT2D eigenvalue weighted by Crippen LogP contribution is -2.27. The first-order valence-corrected chi connectivity index (χ1v) is 12.2. The highest BCUT2D eigenvalue weighted by Crippen LogP contribution is 2.10. The van der Waals surface area contributed by atoms with Gasteiger partial charge in [-0.15, -0.1) is 23.5 Å². The van der Waals surface area contributed by atoms with Gasteiger partial charge in [-0.25, -0.2) is 4.79 Å². The molecule has 0 aliphatic heterocycles. The number of rotatable bonds is 15. The third kappa shape index (κ3) is 18.3. The van der Waals surface area contributed by atoms with Crippen LogP contribution in [0, 0.1) is 0 Å². The zero-order valence-corrected chi connectivity index (χ0v) is 16.7. The second kappa shape index (κ2) is 18.4. The van der Waals surface area contributed by atoms with Gasteiger partial charge in [-0.05, 0) is 0 Å². The van der Waals surface area contributed by atoms with Crippen molar-refractivity contribution < 1.29 is 18.8 Å². The summed E-state index contributed by atoms with van der Waals surface area (Å²) < 4.78 is 16.1. The van der Waals surface area contributed by atoms with E-state index in [0.29, 0.717) is 37.0 Å². The number of hydrogen-bond donors (Lipinski definition) is 2. The molecule has 0 radical (unpaired) electrons. The molecular formula is C13H26N2O4S4. The number of nitrogens with zero attached hydrogens (tertiary/aromatic N) is 1. The standard InChI is InChI=1S/C13H26N2O4S4/c1-2-23(18)11-14-3-7-21-12-22-8-4-15-13(17)19-6-10-20-9-5-16/h11,16H,2-10,12H2,1H3,(H,15,17). The summed E-state index contributed by atoms with van der Waals surface area (Å²) in [6, 6.07) is 0. The maximum Gasteiger partial charge on any atom is 0.407 e. The Kier molecular flexibility index (Phi) is 18.5. The lowest BCUT2D eigenvalue weighted by atomic mass is 10.7. The number of alkyl carbamates (subject to hydrolysis) is 1. The van der Waals surface area contributed by atoms with Gasteiger partial charge in [0.15, 0.2) is 0 Å². The van der Waals surface area contributed by atoms with Crippen LogP contribution in [0.4, 0.5) is 4.79 Å². The fourth-order valence-electron chi connectivity index (χ4n) is 1.14. The number of thioether (sulfide) groups is 3. The van der Waals surface area contributed by atoms with Gasteiger partial charge in [0, 0.05) is 46.9 Å². The van der Waals surface area contributed by atoms with Crippen molar-refractivity contribution >= 4 is 57.7 Å². The first-order valence-electron chi connectivity index (χ1n) is 7.32. The van der Waals surface area contributed by atoms with Crippen LogP contribution in [0.2, 0.25) is 0 Å². The van der Waals surface area contributed by atoms with Crippen molar-refractivity contribution in [3.63, 3.8) is 0 Å². The smallest absolute Gasteiger partial charge is 0.407 e. The minimum Gasteiger partial charge on any atom is -0.449 e. The molecule has 6 nitrogen and oxygen atoms in total. The Morgan fingerprint density at radius 1 is 1.26 bits per heavy atom. The highest BCUT2D eigenvalue weighted by molar-refractivity contribution is 8.16. The van der Waals surface area contributed by atoms with Crippen molar-refractivity contribution in [1.82, 2.24) is 5.32 Å². The predicted octanol–water partition coefficient (Wildman–Crippen LogP) is 1.66. The number of aliphatic imine (C=N–C) groups is 1. The summed E-state index contributed by atoms with van der Waals surface area (Å²) >= 11 is 5.08. The number of ether oxygens (including phenoxy) is 1. The van der Waals surface area contributed by atoms with Crippen LogP contribution in [-0.2, 0) is 15.5 Å². The van der Waals surface area contributed by atoms with Gasteiger partial charge >= 0.3 is 6.09 Å². The Balaban J connectivity index is 3.24. The third-order valence-electron chi connectivity index (χ3n) is 2.22. The molecule has 136 valence electrons. The molecule has 23 heavy (non-hydrogen) atoms. The van der Waals surface area contributed by atoms with Crippen molar-refractivity contribution in [1.29, 1.82) is 0 Å². The minimum absolute atomic E-state index is 0.149. The molecule has 0 spiro atoms. The van der Waals surface area contributed by atoms with E-state index in [0.717, 1.165) is 16.6 Å². The van der Waals surface area contributed by atoms with E-state index in [1.54, 1.807) is 35.3 Å². The van der Waals surface area contributed by atoms with E-state index < -0.39 is 10.8 Å². The topological polar surface area (TPSA) is 88.0 Å². The SMILES string of the molecule is CCS(=O)C=NCCSCSCCNC(=O)OCCSCCO. The summed E-state index contributed by atoms with van der Waals surface area (Å²) in [6.07, 6.45) is -0.388. The molecule has 10 heteroatoms. The predicted molar refractivity (Wildman–Crippen MR) is 106 cm³/mol. The lowest BCUT2D eigenvalue weighted by Gasteiger charge is -2.06. The molecular weight excluding hydrogens is 376 g/mol. The Labute approximate surface area is 153 Å². The van der Waals surface area contributed by atoms with Gasteiger partial charge in [-0.1, -0.05) is 6.92 Å². The Morgan fingerprint density at radius 2 is 2.04 bits per heavy atom. The number of aliphatic hydroxyl groups is 1. The first-order chi connectivity index (χ1) is 11.2. The highest BCUT2D eigenvalue weighted by atomic mass is 32.2. The maximum atomic E-state index is 11.3. The minimum atomic E-state index is -0.918. The van der Waals surface area contributed by atoms with Crippen LogP contribution in [0.1, 0.15) is 6.92 Å². The lowest BCUT2D eigenvalue weighted by molar-refractivity contribution is 0.154. The summed E-state index contributed by atoms with van der Waals surface area (Å²) in [6.45, 7) is 3.66. The molecule has 0 heterocycles. The molecule has 0 aliphatic rings. The van der Waals surface area contributed by atoms with Crippen molar-refractivity contribution in [2.75, 3.05) is 60.2 Å². The normalized spacial score (nSPS) is 12.4. The van der Waals surface area contributed by atoms with Crippen LogP contribution < -0.4 is 5.32 Å².